The summed E-state index contributed by atoms with van der Waals surface area (Å²) in [5, 5.41) is 11.3. The van der Waals surface area contributed by atoms with Gasteiger partial charge in [-0.25, -0.2) is 9.37 Å². The first-order valence-electron chi connectivity index (χ1n) is 10.5. The lowest BCUT2D eigenvalue weighted by Gasteiger charge is -2.21. The fourth-order valence-electron chi connectivity index (χ4n) is 3.86. The largest absolute Gasteiger partial charge is 0.507 e. The molecule has 3 heterocycles. The lowest BCUT2D eigenvalue weighted by molar-refractivity contribution is -0.132. The zero-order chi connectivity index (χ0) is 23.8. The van der Waals surface area contributed by atoms with Gasteiger partial charge in [-0.2, -0.15) is 0 Å². The molecule has 2 aromatic heterocycles. The molecule has 0 bridgehead atoms. The van der Waals surface area contributed by atoms with Gasteiger partial charge >= 0.3 is 5.91 Å². The highest BCUT2D eigenvalue weighted by atomic mass is 32.1. The first-order chi connectivity index (χ1) is 16.5. The highest BCUT2D eigenvalue weighted by molar-refractivity contribution is 7.22. The number of aliphatic hydroxyl groups excluding tert-OH is 1. The molecule has 7 nitrogen and oxygen atoms in total. The van der Waals surface area contributed by atoms with Gasteiger partial charge in [0.25, 0.3) is 5.78 Å². The van der Waals surface area contributed by atoms with Gasteiger partial charge in [0.2, 0.25) is 0 Å². The highest BCUT2D eigenvalue weighted by Crippen LogP contribution is 2.44. The van der Waals surface area contributed by atoms with Crippen LogP contribution < -0.4 is 9.64 Å². The Kier molecular flexibility index (Phi) is 5.54. The molecule has 5 rings (SSSR count). The standard InChI is InChI=1S/C25H18FN3O4S/c1-2-33-16-10-11-17-19(13-16)34-25(28-17)29-21(18-5-3-4-12-27-18)20(23(31)24(29)32)22(30)14-6-8-15(26)9-7-14/h3-13,21,30H,2H2,1H3/b22-20+. The van der Waals surface area contributed by atoms with Crippen LogP contribution in [-0.4, -0.2) is 33.4 Å². The number of Topliss-reactive ketones (excluding diaryl/α,β-unsaturated/α-hetero) is 1. The number of aliphatic hydroxyl groups is 1. The van der Waals surface area contributed by atoms with E-state index in [1.54, 1.807) is 36.5 Å². The van der Waals surface area contributed by atoms with E-state index in [0.29, 0.717) is 28.7 Å². The highest BCUT2D eigenvalue weighted by Gasteiger charge is 2.48. The number of amides is 1. The maximum Gasteiger partial charge on any atom is 0.301 e. The van der Waals surface area contributed by atoms with Gasteiger partial charge in [0.15, 0.2) is 5.13 Å². The van der Waals surface area contributed by atoms with Crippen LogP contribution in [0.2, 0.25) is 0 Å². The molecule has 1 saturated heterocycles. The Balaban J connectivity index is 1.68. The lowest BCUT2D eigenvalue weighted by atomic mass is 9.98. The van der Waals surface area contributed by atoms with Crippen molar-refractivity contribution < 1.29 is 23.8 Å². The minimum atomic E-state index is -1.00. The van der Waals surface area contributed by atoms with Gasteiger partial charge in [-0.1, -0.05) is 17.4 Å². The summed E-state index contributed by atoms with van der Waals surface area (Å²) in [6, 6.07) is 14.5. The predicted octanol–water partition coefficient (Wildman–Crippen LogP) is 4.86. The second kappa shape index (κ2) is 8.68. The Morgan fingerprint density at radius 1 is 1.15 bits per heavy atom. The molecule has 0 radical (unpaired) electrons. The summed E-state index contributed by atoms with van der Waals surface area (Å²) in [6.07, 6.45) is 1.54. The number of nitrogens with zero attached hydrogens (tertiary/aromatic N) is 3. The van der Waals surface area contributed by atoms with E-state index >= 15 is 0 Å². The van der Waals surface area contributed by atoms with Crippen molar-refractivity contribution in [2.24, 2.45) is 0 Å². The van der Waals surface area contributed by atoms with Crippen molar-refractivity contribution in [3.05, 3.63) is 89.5 Å². The summed E-state index contributed by atoms with van der Waals surface area (Å²) in [7, 11) is 0. The van der Waals surface area contributed by atoms with E-state index in [1.807, 2.05) is 13.0 Å². The number of anilines is 1. The molecule has 0 saturated carbocycles. The van der Waals surface area contributed by atoms with Crippen molar-refractivity contribution >= 4 is 44.1 Å². The summed E-state index contributed by atoms with van der Waals surface area (Å²) in [5.41, 5.74) is 1.11. The van der Waals surface area contributed by atoms with Crippen molar-refractivity contribution in [2.45, 2.75) is 13.0 Å². The van der Waals surface area contributed by atoms with E-state index in [-0.39, 0.29) is 11.1 Å². The van der Waals surface area contributed by atoms with Crippen LogP contribution in [0.1, 0.15) is 24.2 Å². The Bertz CT molecular complexity index is 1430. The maximum absolute atomic E-state index is 13.4. The summed E-state index contributed by atoms with van der Waals surface area (Å²) < 4.78 is 19.7. The van der Waals surface area contributed by atoms with E-state index < -0.39 is 29.3 Å². The Morgan fingerprint density at radius 3 is 2.65 bits per heavy atom. The molecule has 1 amide bonds. The van der Waals surface area contributed by atoms with Crippen LogP contribution in [0.25, 0.3) is 16.0 Å². The average Bonchev–Trinajstić information content (AvgIpc) is 3.38. The predicted molar refractivity (Wildman–Crippen MR) is 126 cm³/mol. The first kappa shape index (κ1) is 21.7. The number of halogens is 1. The summed E-state index contributed by atoms with van der Waals surface area (Å²) in [5.74, 6) is -1.92. The van der Waals surface area contributed by atoms with Crippen molar-refractivity contribution in [3.8, 4) is 5.75 Å². The molecule has 0 aliphatic carbocycles. The number of hydrogen-bond acceptors (Lipinski definition) is 7. The van der Waals surface area contributed by atoms with Crippen LogP contribution in [0, 0.1) is 5.82 Å². The Hall–Kier alpha value is -4.11. The summed E-state index contributed by atoms with van der Waals surface area (Å²) >= 11 is 1.23. The molecule has 1 fully saturated rings. The molecule has 0 spiro atoms. The zero-order valence-corrected chi connectivity index (χ0v) is 18.8. The maximum atomic E-state index is 13.4. The average molecular weight is 476 g/mol. The quantitative estimate of drug-likeness (QED) is 0.252. The summed E-state index contributed by atoms with van der Waals surface area (Å²) in [6.45, 7) is 2.39. The van der Waals surface area contributed by atoms with Crippen molar-refractivity contribution in [3.63, 3.8) is 0 Å². The van der Waals surface area contributed by atoms with E-state index in [4.69, 9.17) is 4.74 Å². The first-order valence-corrected chi connectivity index (χ1v) is 11.3. The molecular formula is C25H18FN3O4S. The lowest BCUT2D eigenvalue weighted by Crippen LogP contribution is -2.29. The third-order valence-corrected chi connectivity index (χ3v) is 6.41. The van der Waals surface area contributed by atoms with Gasteiger partial charge in [0.05, 0.1) is 28.1 Å². The van der Waals surface area contributed by atoms with E-state index in [0.717, 1.165) is 4.70 Å². The number of ketones is 1. The van der Waals surface area contributed by atoms with Crippen LogP contribution in [0.5, 0.6) is 5.75 Å². The molecule has 1 unspecified atom stereocenters. The molecule has 170 valence electrons. The zero-order valence-electron chi connectivity index (χ0n) is 17.9. The number of carbonyl (C=O) groups is 2. The molecule has 9 heteroatoms. The number of thiazole rings is 1. The fourth-order valence-corrected chi connectivity index (χ4v) is 4.88. The minimum Gasteiger partial charge on any atom is -0.507 e. The topological polar surface area (TPSA) is 92.6 Å². The number of benzene rings is 2. The van der Waals surface area contributed by atoms with Gasteiger partial charge in [-0.05, 0) is 61.5 Å². The number of hydrogen-bond donors (Lipinski definition) is 1. The fraction of sp³-hybridized carbons (Fsp3) is 0.120. The molecule has 1 N–H and O–H groups in total. The van der Waals surface area contributed by atoms with Gasteiger partial charge in [-0.3, -0.25) is 19.5 Å². The number of pyridine rings is 1. The number of aromatic nitrogens is 2. The van der Waals surface area contributed by atoms with Gasteiger partial charge in [-0.15, -0.1) is 0 Å². The van der Waals surface area contributed by atoms with E-state index in [2.05, 4.69) is 9.97 Å². The second-order valence-electron chi connectivity index (χ2n) is 7.49. The minimum absolute atomic E-state index is 0.135. The van der Waals surface area contributed by atoms with Crippen LogP contribution in [0.15, 0.2) is 72.4 Å². The SMILES string of the molecule is CCOc1ccc2nc(N3C(=O)C(=O)/C(=C(/O)c4ccc(F)cc4)C3c3ccccn3)sc2c1. The van der Waals surface area contributed by atoms with Crippen molar-refractivity contribution in [2.75, 3.05) is 11.5 Å². The van der Waals surface area contributed by atoms with Crippen LogP contribution in [0.3, 0.4) is 0 Å². The van der Waals surface area contributed by atoms with Crippen molar-refractivity contribution in [1.82, 2.24) is 9.97 Å². The van der Waals surface area contributed by atoms with E-state index in [1.165, 1.54) is 40.5 Å². The molecule has 1 atom stereocenters. The number of carbonyl (C=O) groups excluding carboxylic acids is 2. The number of rotatable bonds is 5. The molecule has 2 aromatic carbocycles. The smallest absolute Gasteiger partial charge is 0.301 e. The third-order valence-electron chi connectivity index (χ3n) is 5.40. The summed E-state index contributed by atoms with van der Waals surface area (Å²) in [4.78, 5) is 36.5. The van der Waals surface area contributed by atoms with Gasteiger partial charge < -0.3 is 9.84 Å². The molecule has 34 heavy (non-hydrogen) atoms. The van der Waals surface area contributed by atoms with Crippen LogP contribution >= 0.6 is 11.3 Å². The Morgan fingerprint density at radius 2 is 1.94 bits per heavy atom. The number of ether oxygens (including phenoxy) is 1. The third kappa shape index (κ3) is 3.69. The van der Waals surface area contributed by atoms with Gasteiger partial charge in [0.1, 0.15) is 23.4 Å². The molecular weight excluding hydrogens is 457 g/mol. The molecule has 4 aromatic rings. The van der Waals surface area contributed by atoms with E-state index in [9.17, 15) is 19.1 Å². The number of fused-ring (bicyclic) bond motifs is 1. The monoisotopic (exact) mass is 475 g/mol. The molecule has 1 aliphatic heterocycles. The molecule has 1 aliphatic rings. The van der Waals surface area contributed by atoms with Crippen molar-refractivity contribution in [1.29, 1.82) is 0 Å². The normalized spacial score (nSPS) is 17.5. The Labute approximate surface area is 197 Å². The van der Waals surface area contributed by atoms with Crippen LogP contribution in [-0.2, 0) is 9.59 Å². The van der Waals surface area contributed by atoms with Gasteiger partial charge in [0, 0.05) is 11.8 Å². The van der Waals surface area contributed by atoms with Crippen LogP contribution in [0.4, 0.5) is 9.52 Å². The second-order valence-corrected chi connectivity index (χ2v) is 8.50.